The van der Waals surface area contributed by atoms with E-state index in [2.05, 4.69) is 0 Å². The molecule has 112 valence electrons. The maximum absolute atomic E-state index is 12.3. The minimum atomic E-state index is -1.68. The van der Waals surface area contributed by atoms with Gasteiger partial charge in [-0.25, -0.2) is 0 Å². The second-order valence-corrected chi connectivity index (χ2v) is 5.61. The van der Waals surface area contributed by atoms with E-state index in [0.717, 1.165) is 12.0 Å². The van der Waals surface area contributed by atoms with Crippen LogP contribution in [-0.2, 0) is 9.59 Å². The molecule has 7 heteroatoms. The smallest absolute Gasteiger partial charge is 0.322 e. The van der Waals surface area contributed by atoms with Crippen molar-refractivity contribution in [2.24, 2.45) is 11.8 Å². The van der Waals surface area contributed by atoms with E-state index in [1.54, 1.807) is 6.26 Å². The van der Waals surface area contributed by atoms with Crippen LogP contribution in [0.25, 0.3) is 0 Å². The summed E-state index contributed by atoms with van der Waals surface area (Å²) in [5.41, 5.74) is 0.0199. The van der Waals surface area contributed by atoms with Gasteiger partial charge in [0.05, 0.1) is 17.1 Å². The summed E-state index contributed by atoms with van der Waals surface area (Å²) in [5.74, 6) is -4.29. The predicted molar refractivity (Wildman–Crippen MR) is 78.8 cm³/mol. The first-order chi connectivity index (χ1) is 9.95. The van der Waals surface area contributed by atoms with Crippen molar-refractivity contribution in [3.05, 3.63) is 28.8 Å². The molecule has 1 aliphatic carbocycles. The molecule has 0 saturated heterocycles. The minimum Gasteiger partial charge on any atom is -0.480 e. The summed E-state index contributed by atoms with van der Waals surface area (Å²) in [6.45, 7) is 0. The number of hydrogen-bond acceptors (Lipinski definition) is 5. The maximum atomic E-state index is 12.3. The molecule has 0 spiro atoms. The van der Waals surface area contributed by atoms with E-state index in [1.807, 2.05) is 0 Å². The van der Waals surface area contributed by atoms with Crippen LogP contribution in [0.3, 0.4) is 0 Å². The van der Waals surface area contributed by atoms with Crippen molar-refractivity contribution in [3.8, 4) is 5.75 Å². The number of carboxylic acids is 1. The quantitative estimate of drug-likeness (QED) is 0.471. The largest absolute Gasteiger partial charge is 0.480 e. The van der Waals surface area contributed by atoms with Crippen molar-refractivity contribution in [3.63, 3.8) is 0 Å². The number of benzene rings is 1. The molecule has 1 aromatic rings. The minimum absolute atomic E-state index is 0.0199. The van der Waals surface area contributed by atoms with Crippen LogP contribution in [0.15, 0.2) is 18.2 Å². The molecule has 1 aromatic carbocycles. The van der Waals surface area contributed by atoms with Crippen molar-refractivity contribution in [2.45, 2.75) is 12.8 Å². The van der Waals surface area contributed by atoms with Crippen LogP contribution in [0.2, 0.25) is 5.02 Å². The summed E-state index contributed by atoms with van der Waals surface area (Å²) < 4.78 is 5.16. The Balaban J connectivity index is 2.28. The molecule has 0 heterocycles. The fraction of sp³-hybridized carbons (Fsp3) is 0.357. The van der Waals surface area contributed by atoms with Crippen molar-refractivity contribution in [2.75, 3.05) is 6.26 Å². The van der Waals surface area contributed by atoms with Gasteiger partial charge in [-0.05, 0) is 25.0 Å². The lowest BCUT2D eigenvalue weighted by Crippen LogP contribution is -2.33. The Morgan fingerprint density at radius 1 is 1.38 bits per heavy atom. The van der Waals surface area contributed by atoms with Crippen LogP contribution in [0.5, 0.6) is 5.75 Å². The number of aliphatic carboxylic acids is 1. The fourth-order valence-corrected chi connectivity index (χ4v) is 2.53. The van der Waals surface area contributed by atoms with E-state index in [4.69, 9.17) is 20.9 Å². The number of carboxylic acid groups (broad SMARTS) is 1. The van der Waals surface area contributed by atoms with E-state index in [0.29, 0.717) is 18.6 Å². The van der Waals surface area contributed by atoms with Crippen molar-refractivity contribution in [1.82, 2.24) is 0 Å². The Morgan fingerprint density at radius 3 is 2.52 bits per heavy atom. The highest BCUT2D eigenvalue weighted by molar-refractivity contribution is 7.94. The van der Waals surface area contributed by atoms with Gasteiger partial charge in [-0.1, -0.05) is 11.6 Å². The Hall–Kier alpha value is -1.53. The maximum Gasteiger partial charge on any atom is 0.322 e. The average Bonchev–Trinajstić information content (AvgIpc) is 3.22. The van der Waals surface area contributed by atoms with E-state index >= 15 is 0 Å². The molecular formula is C14H13ClO5S. The number of Topliss-reactive ketones (excluding diaryl/α,β-unsaturated/α-hetero) is 2. The number of halogens is 1. The zero-order valence-corrected chi connectivity index (χ0v) is 12.7. The Morgan fingerprint density at radius 2 is 2.05 bits per heavy atom. The lowest BCUT2D eigenvalue weighted by molar-refractivity contribution is -0.144. The number of hydrogen-bond donors (Lipinski definition) is 1. The molecule has 1 atom stereocenters. The molecule has 2 rings (SSSR count). The van der Waals surface area contributed by atoms with Gasteiger partial charge in [-0.2, -0.15) is 0 Å². The molecule has 0 radical (unpaired) electrons. The van der Waals surface area contributed by atoms with Gasteiger partial charge in [0.15, 0.2) is 17.5 Å². The molecule has 0 aromatic heterocycles. The second-order valence-electron chi connectivity index (χ2n) is 4.70. The van der Waals surface area contributed by atoms with Crippen LogP contribution >= 0.6 is 23.6 Å². The number of carbonyl (C=O) groups is 3. The van der Waals surface area contributed by atoms with E-state index in [-0.39, 0.29) is 16.5 Å². The molecular weight excluding hydrogens is 316 g/mol. The number of ketones is 2. The third-order valence-corrected chi connectivity index (χ3v) is 3.83. The molecule has 1 saturated carbocycles. The monoisotopic (exact) mass is 328 g/mol. The van der Waals surface area contributed by atoms with Gasteiger partial charge >= 0.3 is 5.97 Å². The highest BCUT2D eigenvalue weighted by Crippen LogP contribution is 2.34. The molecule has 5 nitrogen and oxygen atoms in total. The zero-order chi connectivity index (χ0) is 15.6. The molecule has 0 amide bonds. The first-order valence-corrected chi connectivity index (χ1v) is 7.79. The molecule has 21 heavy (non-hydrogen) atoms. The van der Waals surface area contributed by atoms with Crippen LogP contribution < -0.4 is 4.18 Å². The highest BCUT2D eigenvalue weighted by atomic mass is 35.5. The molecule has 1 fully saturated rings. The molecule has 1 aliphatic rings. The van der Waals surface area contributed by atoms with Gasteiger partial charge in [0.25, 0.3) is 0 Å². The first-order valence-electron chi connectivity index (χ1n) is 6.26. The van der Waals surface area contributed by atoms with Crippen molar-refractivity contribution in [1.29, 1.82) is 0 Å². The van der Waals surface area contributed by atoms with Crippen LogP contribution in [0.1, 0.15) is 23.2 Å². The standard InChI is InChI=1S/C14H13ClO5S/c1-21-20-8-4-5-9(10(15)6-8)13(17)11(14(18)19)12(16)7-2-3-7/h4-7,11H,2-3H2,1H3,(H,18,19). The summed E-state index contributed by atoms with van der Waals surface area (Å²) in [5, 5.41) is 9.24. The Kier molecular flexibility index (Phi) is 4.90. The Bertz CT molecular complexity index is 597. The van der Waals surface area contributed by atoms with Crippen molar-refractivity contribution < 1.29 is 23.7 Å². The fourth-order valence-electron chi connectivity index (χ4n) is 1.97. The van der Waals surface area contributed by atoms with Gasteiger partial charge < -0.3 is 9.29 Å². The van der Waals surface area contributed by atoms with Gasteiger partial charge in [0.1, 0.15) is 5.75 Å². The summed E-state index contributed by atoms with van der Waals surface area (Å²) >= 11 is 7.11. The van der Waals surface area contributed by atoms with E-state index in [9.17, 15) is 14.4 Å². The molecule has 1 N–H and O–H groups in total. The summed E-state index contributed by atoms with van der Waals surface area (Å²) in [6.07, 6.45) is 3.01. The molecule has 1 unspecified atom stereocenters. The summed E-state index contributed by atoms with van der Waals surface area (Å²) in [7, 11) is 0. The number of rotatable bonds is 7. The van der Waals surface area contributed by atoms with Crippen molar-refractivity contribution >= 4 is 41.2 Å². The van der Waals surface area contributed by atoms with Gasteiger partial charge in [-0.3, -0.25) is 14.4 Å². The SMILES string of the molecule is CSOc1ccc(C(=O)C(C(=O)O)C(=O)C2CC2)c(Cl)c1. The third-order valence-electron chi connectivity index (χ3n) is 3.16. The van der Waals surface area contributed by atoms with Gasteiger partial charge in [-0.15, -0.1) is 0 Å². The highest BCUT2D eigenvalue weighted by Gasteiger charge is 2.43. The summed E-state index contributed by atoms with van der Waals surface area (Å²) in [4.78, 5) is 35.5. The normalized spacial score (nSPS) is 15.3. The van der Waals surface area contributed by atoms with Crippen LogP contribution in [-0.4, -0.2) is 28.9 Å². The first kappa shape index (κ1) is 15.9. The lowest BCUT2D eigenvalue weighted by atomic mass is 9.91. The lowest BCUT2D eigenvalue weighted by Gasteiger charge is -2.12. The predicted octanol–water partition coefficient (Wildman–Crippen LogP) is 2.86. The van der Waals surface area contributed by atoms with E-state index < -0.39 is 23.5 Å². The van der Waals surface area contributed by atoms with E-state index in [1.165, 1.54) is 18.2 Å². The third kappa shape index (κ3) is 3.57. The second kappa shape index (κ2) is 6.49. The van der Waals surface area contributed by atoms with Crippen LogP contribution in [0, 0.1) is 11.8 Å². The molecule has 0 aliphatic heterocycles. The zero-order valence-electron chi connectivity index (χ0n) is 11.2. The average molecular weight is 329 g/mol. The summed E-state index contributed by atoms with van der Waals surface area (Å²) in [6, 6.07) is 4.31. The van der Waals surface area contributed by atoms with Gasteiger partial charge in [0, 0.05) is 23.8 Å². The van der Waals surface area contributed by atoms with Crippen LogP contribution in [0.4, 0.5) is 0 Å². The number of carbonyl (C=O) groups excluding carboxylic acids is 2. The Labute approximate surface area is 130 Å². The van der Waals surface area contributed by atoms with Gasteiger partial charge in [0.2, 0.25) is 0 Å². The topological polar surface area (TPSA) is 80.7 Å². The molecule has 0 bridgehead atoms.